The fourth-order valence-corrected chi connectivity index (χ4v) is 4.81. The van der Waals surface area contributed by atoms with Crippen LogP contribution in [0.4, 0.5) is 5.82 Å². The lowest BCUT2D eigenvalue weighted by Gasteiger charge is -2.35. The maximum atomic E-state index is 12.6. The summed E-state index contributed by atoms with van der Waals surface area (Å²) in [6.45, 7) is 4.89. The van der Waals surface area contributed by atoms with Gasteiger partial charge in [-0.05, 0) is 81.0 Å². The molecule has 0 bridgehead atoms. The Kier molecular flexibility index (Phi) is 7.77. The lowest BCUT2D eigenvalue weighted by Crippen LogP contribution is -2.42. The molecule has 1 amide bonds. The zero-order chi connectivity index (χ0) is 24.1. The van der Waals surface area contributed by atoms with Gasteiger partial charge in [-0.1, -0.05) is 6.07 Å². The number of nitrogens with one attached hydrogen (secondary N) is 2. The van der Waals surface area contributed by atoms with Crippen LogP contribution in [-0.4, -0.2) is 52.2 Å². The predicted molar refractivity (Wildman–Crippen MR) is 129 cm³/mol. The highest BCUT2D eigenvalue weighted by Crippen LogP contribution is 2.34. The first-order valence-corrected chi connectivity index (χ1v) is 12.2. The Labute approximate surface area is 200 Å². The van der Waals surface area contributed by atoms with Gasteiger partial charge in [0.1, 0.15) is 11.9 Å². The lowest BCUT2D eigenvalue weighted by atomic mass is 9.79. The number of carbonyl (C=O) groups excluding carboxylic acids is 1. The average molecular weight is 467 g/mol. The number of anilines is 1. The quantitative estimate of drug-likeness (QED) is 0.491. The van der Waals surface area contributed by atoms with E-state index in [-0.39, 0.29) is 18.4 Å². The second-order valence-electron chi connectivity index (χ2n) is 9.51. The van der Waals surface area contributed by atoms with Gasteiger partial charge in [-0.3, -0.25) is 9.78 Å². The van der Waals surface area contributed by atoms with Crippen LogP contribution in [0.2, 0.25) is 0 Å². The van der Waals surface area contributed by atoms with Crippen LogP contribution in [-0.2, 0) is 22.4 Å². The predicted octanol–water partition coefficient (Wildman–Crippen LogP) is 3.45. The molecule has 1 atom stereocenters. The van der Waals surface area contributed by atoms with Gasteiger partial charge in [-0.25, -0.2) is 9.78 Å². The number of carboxylic acids is 1. The van der Waals surface area contributed by atoms with Crippen molar-refractivity contribution >= 4 is 17.7 Å². The number of ether oxygens (including phenoxy) is 1. The van der Waals surface area contributed by atoms with Crippen LogP contribution in [0.1, 0.15) is 64.8 Å². The first kappa shape index (κ1) is 24.1. The fraction of sp³-hybridized carbons (Fsp3) is 0.538. The summed E-state index contributed by atoms with van der Waals surface area (Å²) in [5.41, 5.74) is 4.37. The molecule has 4 rings (SSSR count). The average Bonchev–Trinajstić information content (AvgIpc) is 2.78. The van der Waals surface area contributed by atoms with E-state index in [9.17, 15) is 14.7 Å². The number of aliphatic carboxylic acids is 1. The third-order valence-corrected chi connectivity index (χ3v) is 6.87. The van der Waals surface area contributed by atoms with Crippen LogP contribution in [0.15, 0.2) is 24.5 Å². The Bertz CT molecular complexity index is 1020. The topological polar surface area (TPSA) is 113 Å². The summed E-state index contributed by atoms with van der Waals surface area (Å²) < 4.78 is 5.90. The third kappa shape index (κ3) is 5.91. The van der Waals surface area contributed by atoms with Crippen molar-refractivity contribution in [2.45, 2.75) is 70.9 Å². The third-order valence-electron chi connectivity index (χ3n) is 6.87. The molecule has 0 aromatic carbocycles. The van der Waals surface area contributed by atoms with Gasteiger partial charge in [0.25, 0.3) is 5.91 Å². The normalized spacial score (nSPS) is 19.9. The molecule has 0 spiro atoms. The van der Waals surface area contributed by atoms with E-state index in [1.54, 1.807) is 26.2 Å². The number of fused-ring (bicyclic) bond motifs is 1. The van der Waals surface area contributed by atoms with Crippen molar-refractivity contribution in [3.05, 3.63) is 52.5 Å². The molecule has 8 heteroatoms. The molecule has 34 heavy (non-hydrogen) atoms. The van der Waals surface area contributed by atoms with Crippen LogP contribution < -0.4 is 10.6 Å². The van der Waals surface area contributed by atoms with E-state index < -0.39 is 12.0 Å². The van der Waals surface area contributed by atoms with Crippen molar-refractivity contribution in [3.8, 4) is 0 Å². The first-order chi connectivity index (χ1) is 16.4. The van der Waals surface area contributed by atoms with Crippen molar-refractivity contribution in [3.63, 3.8) is 0 Å². The molecule has 3 heterocycles. The summed E-state index contributed by atoms with van der Waals surface area (Å²) in [7, 11) is 0. The second-order valence-corrected chi connectivity index (χ2v) is 9.51. The molecule has 8 nitrogen and oxygen atoms in total. The minimum Gasteiger partial charge on any atom is -0.480 e. The van der Waals surface area contributed by atoms with Crippen LogP contribution in [0, 0.1) is 19.8 Å². The molecule has 1 aliphatic heterocycles. The Hall–Kier alpha value is -3.00. The molecule has 1 aliphatic carbocycles. The number of hydrogen-bond donors (Lipinski definition) is 3. The van der Waals surface area contributed by atoms with Crippen LogP contribution in [0.5, 0.6) is 0 Å². The smallest absolute Gasteiger partial charge is 0.326 e. The zero-order valence-electron chi connectivity index (χ0n) is 20.0. The van der Waals surface area contributed by atoms with E-state index in [2.05, 4.69) is 27.8 Å². The molecular weight excluding hydrogens is 432 g/mol. The molecular formula is C26H34N4O4. The van der Waals surface area contributed by atoms with Gasteiger partial charge in [0.15, 0.2) is 0 Å². The standard InChI is InChI=1S/C26H34N4O4/c1-16-14-27-15-17(2)23(16)25(31)30-22(26(32)33)9-11-34-21-12-18(13-21)5-7-20-8-6-19-4-3-10-28-24(19)29-20/h6,8,14-15,18,21-22H,3-5,7,9-13H2,1-2H3,(H,28,29)(H,30,31)(H,32,33)/t18-,21+,22-/m0/s1. The van der Waals surface area contributed by atoms with E-state index in [1.807, 2.05) is 0 Å². The maximum absolute atomic E-state index is 12.6. The summed E-state index contributed by atoms with van der Waals surface area (Å²) >= 11 is 0. The van der Waals surface area contributed by atoms with Gasteiger partial charge in [0.2, 0.25) is 0 Å². The van der Waals surface area contributed by atoms with Crippen molar-refractivity contribution < 1.29 is 19.4 Å². The van der Waals surface area contributed by atoms with E-state index in [1.165, 1.54) is 12.0 Å². The van der Waals surface area contributed by atoms with E-state index >= 15 is 0 Å². The number of rotatable bonds is 10. The minimum atomic E-state index is -1.06. The highest BCUT2D eigenvalue weighted by atomic mass is 16.5. The Morgan fingerprint density at radius 2 is 2.00 bits per heavy atom. The van der Waals surface area contributed by atoms with Crippen molar-refractivity contribution in [1.29, 1.82) is 0 Å². The highest BCUT2D eigenvalue weighted by Gasteiger charge is 2.30. The molecule has 1 saturated carbocycles. The lowest BCUT2D eigenvalue weighted by molar-refractivity contribution is -0.140. The number of aryl methyl sites for hydroxylation is 4. The monoisotopic (exact) mass is 466 g/mol. The van der Waals surface area contributed by atoms with E-state index in [4.69, 9.17) is 9.72 Å². The van der Waals surface area contributed by atoms with Crippen LogP contribution in [0.25, 0.3) is 0 Å². The summed E-state index contributed by atoms with van der Waals surface area (Å²) in [5.74, 6) is 0.218. The van der Waals surface area contributed by atoms with E-state index in [0.29, 0.717) is 18.1 Å². The number of aromatic nitrogens is 2. The molecule has 2 aliphatic rings. The zero-order valence-corrected chi connectivity index (χ0v) is 20.0. The first-order valence-electron chi connectivity index (χ1n) is 12.2. The highest BCUT2D eigenvalue weighted by molar-refractivity contribution is 5.98. The number of pyridine rings is 2. The molecule has 3 N–H and O–H groups in total. The minimum absolute atomic E-state index is 0.165. The summed E-state index contributed by atoms with van der Waals surface area (Å²) in [6, 6.07) is 3.36. The van der Waals surface area contributed by atoms with Gasteiger partial charge < -0.3 is 20.5 Å². The SMILES string of the molecule is Cc1cncc(C)c1C(=O)N[C@@H](CCO[C@H]1C[C@@H](CCc2ccc3c(n2)NCCC3)C1)C(=O)O. The van der Waals surface area contributed by atoms with Gasteiger partial charge in [-0.15, -0.1) is 0 Å². The summed E-state index contributed by atoms with van der Waals surface area (Å²) in [5, 5.41) is 15.6. The Morgan fingerprint density at radius 1 is 1.24 bits per heavy atom. The molecule has 182 valence electrons. The number of carbonyl (C=O) groups is 2. The largest absolute Gasteiger partial charge is 0.480 e. The summed E-state index contributed by atoms with van der Waals surface area (Å²) in [6.07, 6.45) is 9.91. The molecule has 2 aromatic rings. The molecule has 2 aromatic heterocycles. The molecule has 0 radical (unpaired) electrons. The fourth-order valence-electron chi connectivity index (χ4n) is 4.81. The van der Waals surface area contributed by atoms with Crippen LogP contribution in [0.3, 0.4) is 0 Å². The number of nitrogens with zero attached hydrogens (tertiary/aromatic N) is 2. The number of hydrogen-bond acceptors (Lipinski definition) is 6. The van der Waals surface area contributed by atoms with Gasteiger partial charge in [-0.2, -0.15) is 0 Å². The van der Waals surface area contributed by atoms with Gasteiger partial charge in [0.05, 0.1) is 6.10 Å². The molecule has 0 unspecified atom stereocenters. The van der Waals surface area contributed by atoms with E-state index in [0.717, 1.165) is 61.3 Å². The van der Waals surface area contributed by atoms with Crippen molar-refractivity contribution in [2.75, 3.05) is 18.5 Å². The van der Waals surface area contributed by atoms with Gasteiger partial charge in [0, 0.05) is 43.2 Å². The van der Waals surface area contributed by atoms with Crippen molar-refractivity contribution in [2.24, 2.45) is 5.92 Å². The number of amides is 1. The second kappa shape index (κ2) is 11.0. The maximum Gasteiger partial charge on any atom is 0.326 e. The molecule has 1 fully saturated rings. The molecule has 0 saturated heterocycles. The van der Waals surface area contributed by atoms with Crippen molar-refractivity contribution in [1.82, 2.24) is 15.3 Å². The Balaban J connectivity index is 1.17. The Morgan fingerprint density at radius 3 is 2.74 bits per heavy atom. The number of carboxylic acid groups (broad SMARTS) is 1. The van der Waals surface area contributed by atoms with Crippen LogP contribution >= 0.6 is 0 Å². The van der Waals surface area contributed by atoms with Gasteiger partial charge >= 0.3 is 5.97 Å². The summed E-state index contributed by atoms with van der Waals surface area (Å²) in [4.78, 5) is 33.1.